The molecule has 0 bridgehead atoms. The van der Waals surface area contributed by atoms with Crippen LogP contribution in [-0.4, -0.2) is 45.6 Å². The summed E-state index contributed by atoms with van der Waals surface area (Å²) < 4.78 is 5.45. The third-order valence-electron chi connectivity index (χ3n) is 4.97. The van der Waals surface area contributed by atoms with Crippen molar-refractivity contribution >= 4 is 17.5 Å². The van der Waals surface area contributed by atoms with E-state index in [9.17, 15) is 4.79 Å². The number of ether oxygens (including phenoxy) is 1. The number of hydrogen-bond donors (Lipinski definition) is 1. The topological polar surface area (TPSA) is 85.2 Å². The molecule has 3 aromatic rings. The predicted molar refractivity (Wildman–Crippen MR) is 115 cm³/mol. The molecule has 0 unspecified atom stereocenters. The number of nitrogens with zero attached hydrogens (tertiary/aromatic N) is 5. The van der Waals surface area contributed by atoms with Gasteiger partial charge in [-0.3, -0.25) is 4.79 Å². The summed E-state index contributed by atoms with van der Waals surface area (Å²) in [5.41, 5.74) is 1.92. The zero-order valence-electron chi connectivity index (χ0n) is 17.1. The third kappa shape index (κ3) is 5.14. The molecule has 1 aromatic carbocycles. The van der Waals surface area contributed by atoms with Crippen molar-refractivity contribution in [2.24, 2.45) is 0 Å². The van der Waals surface area contributed by atoms with Crippen LogP contribution in [0, 0.1) is 0 Å². The number of nitrogens with one attached hydrogen (secondary N) is 1. The van der Waals surface area contributed by atoms with Gasteiger partial charge >= 0.3 is 0 Å². The van der Waals surface area contributed by atoms with Crippen LogP contribution in [0.25, 0.3) is 0 Å². The predicted octanol–water partition coefficient (Wildman–Crippen LogP) is 2.90. The molecule has 8 nitrogen and oxygen atoms in total. The summed E-state index contributed by atoms with van der Waals surface area (Å²) in [6.07, 6.45) is 6.01. The second-order valence-corrected chi connectivity index (χ2v) is 7.28. The van der Waals surface area contributed by atoms with E-state index in [0.29, 0.717) is 19.0 Å². The van der Waals surface area contributed by atoms with Crippen molar-refractivity contribution in [3.05, 3.63) is 59.9 Å². The zero-order valence-corrected chi connectivity index (χ0v) is 17.1. The first-order chi connectivity index (χ1) is 14.7. The molecule has 0 aliphatic carbocycles. The van der Waals surface area contributed by atoms with Gasteiger partial charge in [0, 0.05) is 19.3 Å². The number of benzene rings is 1. The number of hydrogen-bond acceptors (Lipinski definition) is 6. The van der Waals surface area contributed by atoms with Gasteiger partial charge in [0.05, 0.1) is 25.8 Å². The van der Waals surface area contributed by atoms with E-state index in [2.05, 4.69) is 25.4 Å². The first-order valence-corrected chi connectivity index (χ1v) is 10.3. The average Bonchev–Trinajstić information content (AvgIpc) is 3.43. The van der Waals surface area contributed by atoms with Crippen molar-refractivity contribution < 1.29 is 9.53 Å². The summed E-state index contributed by atoms with van der Waals surface area (Å²) >= 11 is 0. The van der Waals surface area contributed by atoms with Gasteiger partial charge in [0.2, 0.25) is 5.91 Å². The van der Waals surface area contributed by atoms with Crippen LogP contribution in [0.1, 0.15) is 30.9 Å². The molecule has 1 aliphatic rings. The van der Waals surface area contributed by atoms with Crippen molar-refractivity contribution in [1.82, 2.24) is 20.0 Å². The summed E-state index contributed by atoms with van der Waals surface area (Å²) in [4.78, 5) is 20.7. The molecule has 8 heteroatoms. The number of pyridine rings is 1. The second-order valence-electron chi connectivity index (χ2n) is 7.28. The van der Waals surface area contributed by atoms with Crippen LogP contribution in [-0.2, 0) is 17.8 Å². The number of amides is 1. The van der Waals surface area contributed by atoms with Crippen molar-refractivity contribution in [1.29, 1.82) is 0 Å². The summed E-state index contributed by atoms with van der Waals surface area (Å²) in [7, 11) is 0. The summed E-state index contributed by atoms with van der Waals surface area (Å²) in [6.45, 7) is 5.22. The van der Waals surface area contributed by atoms with E-state index in [1.54, 1.807) is 17.2 Å². The maximum absolute atomic E-state index is 12.3. The maximum Gasteiger partial charge on any atom is 0.230 e. The van der Waals surface area contributed by atoms with E-state index < -0.39 is 0 Å². The smallest absolute Gasteiger partial charge is 0.230 e. The lowest BCUT2D eigenvalue weighted by atomic mass is 10.2. The van der Waals surface area contributed by atoms with Gasteiger partial charge in [-0.15, -0.1) is 5.10 Å². The van der Waals surface area contributed by atoms with Crippen molar-refractivity contribution in [3.63, 3.8) is 0 Å². The molecule has 156 valence electrons. The molecule has 1 aliphatic heterocycles. The van der Waals surface area contributed by atoms with Crippen molar-refractivity contribution in [3.8, 4) is 5.75 Å². The third-order valence-corrected chi connectivity index (χ3v) is 4.97. The van der Waals surface area contributed by atoms with Crippen LogP contribution in [0.2, 0.25) is 0 Å². The molecule has 1 fully saturated rings. The second kappa shape index (κ2) is 9.39. The molecule has 1 N–H and O–H groups in total. The molecule has 0 saturated carbocycles. The Balaban J connectivity index is 1.29. The number of carbonyl (C=O) groups is 1. The van der Waals surface area contributed by atoms with Gasteiger partial charge < -0.3 is 15.0 Å². The van der Waals surface area contributed by atoms with E-state index in [1.165, 1.54) is 12.8 Å². The Hall–Kier alpha value is -3.42. The summed E-state index contributed by atoms with van der Waals surface area (Å²) in [5, 5.41) is 11.4. The quantitative estimate of drug-likeness (QED) is 0.619. The van der Waals surface area contributed by atoms with E-state index in [4.69, 9.17) is 4.74 Å². The lowest BCUT2D eigenvalue weighted by Gasteiger charge is -2.16. The van der Waals surface area contributed by atoms with E-state index in [1.807, 2.05) is 43.3 Å². The fourth-order valence-electron chi connectivity index (χ4n) is 3.48. The van der Waals surface area contributed by atoms with E-state index in [0.717, 1.165) is 35.8 Å². The van der Waals surface area contributed by atoms with Crippen LogP contribution in [0.3, 0.4) is 0 Å². The Labute approximate surface area is 175 Å². The zero-order chi connectivity index (χ0) is 20.8. The molecule has 2 aromatic heterocycles. The average molecular weight is 406 g/mol. The Morgan fingerprint density at radius 3 is 2.53 bits per heavy atom. The Kier molecular flexibility index (Phi) is 6.22. The standard InChI is InChI=1S/C22H26N6O2/c1-2-30-19-8-5-17(6-9-19)16-28-24-15-20(26-28)25-22(29)13-18-7-10-21(23-14-18)27-11-3-4-12-27/h5-10,14-15H,2-4,11-13,16H2,1H3,(H,25,26,29). The van der Waals surface area contributed by atoms with Gasteiger partial charge in [-0.25, -0.2) is 4.98 Å². The lowest BCUT2D eigenvalue weighted by molar-refractivity contribution is -0.115. The molecule has 30 heavy (non-hydrogen) atoms. The van der Waals surface area contributed by atoms with E-state index >= 15 is 0 Å². The Morgan fingerprint density at radius 2 is 1.83 bits per heavy atom. The monoisotopic (exact) mass is 406 g/mol. The number of anilines is 2. The minimum absolute atomic E-state index is 0.140. The first-order valence-electron chi connectivity index (χ1n) is 10.3. The largest absolute Gasteiger partial charge is 0.494 e. The molecule has 1 amide bonds. The number of carbonyl (C=O) groups excluding carboxylic acids is 1. The van der Waals surface area contributed by atoms with Gasteiger partial charge in [-0.2, -0.15) is 9.90 Å². The van der Waals surface area contributed by atoms with Gasteiger partial charge in [0.15, 0.2) is 5.82 Å². The molecule has 3 heterocycles. The Bertz CT molecular complexity index is 962. The highest BCUT2D eigenvalue weighted by atomic mass is 16.5. The molecule has 0 radical (unpaired) electrons. The molecule has 4 rings (SSSR count). The van der Waals surface area contributed by atoms with E-state index in [-0.39, 0.29) is 12.3 Å². The lowest BCUT2D eigenvalue weighted by Crippen LogP contribution is -2.19. The van der Waals surface area contributed by atoms with Crippen LogP contribution in [0.5, 0.6) is 5.75 Å². The van der Waals surface area contributed by atoms with Crippen LogP contribution in [0.15, 0.2) is 48.8 Å². The van der Waals surface area contributed by atoms with Crippen LogP contribution < -0.4 is 15.0 Å². The molecule has 1 saturated heterocycles. The minimum Gasteiger partial charge on any atom is -0.494 e. The molecule has 0 atom stereocenters. The highest BCUT2D eigenvalue weighted by Crippen LogP contribution is 2.18. The summed E-state index contributed by atoms with van der Waals surface area (Å²) in [5.74, 6) is 2.12. The highest BCUT2D eigenvalue weighted by molar-refractivity contribution is 5.91. The normalized spacial score (nSPS) is 13.4. The van der Waals surface area contributed by atoms with Crippen LogP contribution >= 0.6 is 0 Å². The SMILES string of the molecule is CCOc1ccc(Cn2ncc(NC(=O)Cc3ccc(N4CCCC4)nc3)n2)cc1. The maximum atomic E-state index is 12.3. The fraction of sp³-hybridized carbons (Fsp3) is 0.364. The van der Waals surface area contributed by atoms with Gasteiger partial charge in [0.1, 0.15) is 11.6 Å². The van der Waals surface area contributed by atoms with Gasteiger partial charge in [-0.05, 0) is 49.1 Å². The Morgan fingerprint density at radius 1 is 1.07 bits per heavy atom. The van der Waals surface area contributed by atoms with Crippen LogP contribution in [0.4, 0.5) is 11.6 Å². The van der Waals surface area contributed by atoms with Gasteiger partial charge in [0.25, 0.3) is 0 Å². The van der Waals surface area contributed by atoms with Gasteiger partial charge in [-0.1, -0.05) is 18.2 Å². The molecular weight excluding hydrogens is 380 g/mol. The first kappa shape index (κ1) is 19.9. The molecule has 0 spiro atoms. The number of aromatic nitrogens is 4. The fourth-order valence-corrected chi connectivity index (χ4v) is 3.48. The number of rotatable bonds is 8. The molecular formula is C22H26N6O2. The minimum atomic E-state index is -0.140. The van der Waals surface area contributed by atoms with Crippen molar-refractivity contribution in [2.75, 3.05) is 29.9 Å². The summed E-state index contributed by atoms with van der Waals surface area (Å²) in [6, 6.07) is 11.8. The van der Waals surface area contributed by atoms with Crippen molar-refractivity contribution in [2.45, 2.75) is 32.7 Å². The highest BCUT2D eigenvalue weighted by Gasteiger charge is 2.14.